The average molecular weight is 270 g/mol. The zero-order chi connectivity index (χ0) is 14.5. The zero-order valence-corrected chi connectivity index (χ0v) is 10.9. The lowest BCUT2D eigenvalue weighted by atomic mass is 10.1. The van der Waals surface area contributed by atoms with Crippen LogP contribution in [0.25, 0.3) is 0 Å². The first-order valence-corrected chi connectivity index (χ1v) is 6.00. The number of rotatable bonds is 4. The van der Waals surface area contributed by atoms with Crippen molar-refractivity contribution in [1.29, 1.82) is 0 Å². The van der Waals surface area contributed by atoms with Gasteiger partial charge in [-0.25, -0.2) is 4.79 Å². The molecule has 102 valence electrons. The van der Waals surface area contributed by atoms with Gasteiger partial charge in [-0.15, -0.1) is 0 Å². The Labute approximate surface area is 116 Å². The van der Waals surface area contributed by atoms with Gasteiger partial charge in [0.2, 0.25) is 0 Å². The largest absolute Gasteiger partial charge is 0.507 e. The van der Waals surface area contributed by atoms with Crippen molar-refractivity contribution in [1.82, 2.24) is 0 Å². The van der Waals surface area contributed by atoms with Gasteiger partial charge in [0.1, 0.15) is 5.75 Å². The molecule has 0 fully saturated rings. The minimum atomic E-state index is -0.967. The monoisotopic (exact) mass is 270 g/mol. The van der Waals surface area contributed by atoms with Gasteiger partial charge in [-0.1, -0.05) is 12.1 Å². The lowest BCUT2D eigenvalue weighted by Crippen LogP contribution is -2.00. The maximum absolute atomic E-state index is 10.7. The molecule has 3 N–H and O–H groups in total. The molecule has 0 aliphatic carbocycles. The molecule has 0 saturated carbocycles. The summed E-state index contributed by atoms with van der Waals surface area (Å²) in [6.45, 7) is 1.77. The van der Waals surface area contributed by atoms with Gasteiger partial charge in [-0.3, -0.25) is 5.43 Å². The Morgan fingerprint density at radius 3 is 2.35 bits per heavy atom. The first kappa shape index (κ1) is 13.6. The third kappa shape index (κ3) is 3.14. The number of nitrogens with one attached hydrogen (secondary N) is 1. The summed E-state index contributed by atoms with van der Waals surface area (Å²) in [7, 11) is 0. The minimum absolute atomic E-state index is 0.164. The highest BCUT2D eigenvalue weighted by molar-refractivity contribution is 6.01. The molecule has 20 heavy (non-hydrogen) atoms. The van der Waals surface area contributed by atoms with Crippen LogP contribution in [-0.4, -0.2) is 21.9 Å². The zero-order valence-electron chi connectivity index (χ0n) is 10.9. The molecule has 0 bridgehead atoms. The van der Waals surface area contributed by atoms with E-state index in [4.69, 9.17) is 5.11 Å². The van der Waals surface area contributed by atoms with Crippen LogP contribution in [0.15, 0.2) is 53.6 Å². The smallest absolute Gasteiger partial charge is 0.335 e. The molecule has 0 aromatic heterocycles. The molecule has 2 rings (SSSR count). The SMILES string of the molecule is C/C(=N\Nc1ccc(C(=O)O)cc1)c1ccccc1O. The van der Waals surface area contributed by atoms with Gasteiger partial charge in [0.25, 0.3) is 0 Å². The summed E-state index contributed by atoms with van der Waals surface area (Å²) in [5, 5.41) is 22.7. The topological polar surface area (TPSA) is 81.9 Å². The number of carbonyl (C=O) groups is 1. The molecule has 0 radical (unpaired) electrons. The van der Waals surface area contributed by atoms with Crippen molar-refractivity contribution in [3.05, 3.63) is 59.7 Å². The summed E-state index contributed by atoms with van der Waals surface area (Å²) in [5.74, 6) is -0.804. The molecular formula is C15H14N2O3. The number of nitrogens with zero attached hydrogens (tertiary/aromatic N) is 1. The van der Waals surface area contributed by atoms with Crippen LogP contribution < -0.4 is 5.43 Å². The fraction of sp³-hybridized carbons (Fsp3) is 0.0667. The van der Waals surface area contributed by atoms with Crippen molar-refractivity contribution in [3.63, 3.8) is 0 Å². The van der Waals surface area contributed by atoms with Crippen molar-refractivity contribution in [2.24, 2.45) is 5.10 Å². The molecule has 2 aromatic carbocycles. The number of carboxylic acids is 1. The third-order valence-corrected chi connectivity index (χ3v) is 2.78. The van der Waals surface area contributed by atoms with Gasteiger partial charge in [-0.2, -0.15) is 5.10 Å². The van der Waals surface area contributed by atoms with Crippen LogP contribution in [0.3, 0.4) is 0 Å². The number of hydrogen-bond donors (Lipinski definition) is 3. The van der Waals surface area contributed by atoms with Gasteiger partial charge < -0.3 is 10.2 Å². The van der Waals surface area contributed by atoms with E-state index in [9.17, 15) is 9.90 Å². The second kappa shape index (κ2) is 5.88. The second-order valence-electron chi connectivity index (χ2n) is 4.21. The van der Waals surface area contributed by atoms with Crippen LogP contribution >= 0.6 is 0 Å². The van der Waals surface area contributed by atoms with E-state index in [1.54, 1.807) is 37.3 Å². The van der Waals surface area contributed by atoms with Crippen LogP contribution in [0, 0.1) is 0 Å². The molecule has 0 saturated heterocycles. The van der Waals surface area contributed by atoms with Gasteiger partial charge in [0.15, 0.2) is 0 Å². The third-order valence-electron chi connectivity index (χ3n) is 2.78. The number of anilines is 1. The van der Waals surface area contributed by atoms with Gasteiger partial charge in [0, 0.05) is 5.56 Å². The normalized spacial score (nSPS) is 11.2. The number of hydrazone groups is 1. The summed E-state index contributed by atoms with van der Waals surface area (Å²) < 4.78 is 0. The number of benzene rings is 2. The predicted octanol–water partition coefficient (Wildman–Crippen LogP) is 2.93. The molecule has 0 atom stereocenters. The lowest BCUT2D eigenvalue weighted by Gasteiger charge is -2.05. The van der Waals surface area contributed by atoms with Gasteiger partial charge in [0.05, 0.1) is 17.0 Å². The molecular weight excluding hydrogens is 256 g/mol. The Morgan fingerprint density at radius 2 is 1.75 bits per heavy atom. The summed E-state index contributed by atoms with van der Waals surface area (Å²) in [6, 6.07) is 13.2. The Balaban J connectivity index is 2.13. The number of phenolic OH excluding ortho intramolecular Hbond substituents is 1. The molecule has 0 amide bonds. The Bertz CT molecular complexity index is 648. The first-order chi connectivity index (χ1) is 9.58. The van der Waals surface area contributed by atoms with E-state index in [0.717, 1.165) is 0 Å². The first-order valence-electron chi connectivity index (χ1n) is 6.00. The molecule has 2 aromatic rings. The quantitative estimate of drug-likeness (QED) is 0.589. The molecule has 5 heteroatoms. The number of phenols is 1. The highest BCUT2D eigenvalue weighted by Crippen LogP contribution is 2.17. The second-order valence-corrected chi connectivity index (χ2v) is 4.21. The van der Waals surface area contributed by atoms with E-state index >= 15 is 0 Å². The number of carboxylic acid groups (broad SMARTS) is 1. The standard InChI is InChI=1S/C15H14N2O3/c1-10(13-4-2-3-5-14(13)18)16-17-12-8-6-11(7-9-12)15(19)20/h2-9,17-18H,1H3,(H,19,20)/b16-10+. The highest BCUT2D eigenvalue weighted by atomic mass is 16.4. The Hall–Kier alpha value is -2.82. The van der Waals surface area contributed by atoms with Crippen molar-refractivity contribution in [2.45, 2.75) is 6.92 Å². The van der Waals surface area contributed by atoms with E-state index in [-0.39, 0.29) is 11.3 Å². The fourth-order valence-electron chi connectivity index (χ4n) is 1.68. The lowest BCUT2D eigenvalue weighted by molar-refractivity contribution is 0.0697. The molecule has 0 heterocycles. The summed E-state index contributed by atoms with van der Waals surface area (Å²) in [4.78, 5) is 10.7. The van der Waals surface area contributed by atoms with E-state index in [0.29, 0.717) is 17.0 Å². The van der Waals surface area contributed by atoms with E-state index in [1.807, 2.05) is 6.07 Å². The van der Waals surface area contributed by atoms with E-state index < -0.39 is 5.97 Å². The van der Waals surface area contributed by atoms with Gasteiger partial charge in [-0.05, 0) is 43.3 Å². The summed E-state index contributed by atoms with van der Waals surface area (Å²) in [5.41, 5.74) is 4.98. The Kier molecular flexibility index (Phi) is 4.00. The van der Waals surface area contributed by atoms with Crippen LogP contribution in [0.4, 0.5) is 5.69 Å². The number of hydrogen-bond acceptors (Lipinski definition) is 4. The van der Waals surface area contributed by atoms with Crippen LogP contribution in [-0.2, 0) is 0 Å². The summed E-state index contributed by atoms with van der Waals surface area (Å²) >= 11 is 0. The van der Waals surface area contributed by atoms with Crippen molar-refractivity contribution in [2.75, 3.05) is 5.43 Å². The van der Waals surface area contributed by atoms with Crippen LogP contribution in [0.1, 0.15) is 22.8 Å². The van der Waals surface area contributed by atoms with E-state index in [1.165, 1.54) is 12.1 Å². The van der Waals surface area contributed by atoms with Crippen molar-refractivity contribution in [3.8, 4) is 5.75 Å². The predicted molar refractivity (Wildman–Crippen MR) is 77.3 cm³/mol. The summed E-state index contributed by atoms with van der Waals surface area (Å²) in [6.07, 6.45) is 0. The van der Waals surface area contributed by atoms with Crippen molar-refractivity contribution < 1.29 is 15.0 Å². The molecule has 5 nitrogen and oxygen atoms in total. The molecule has 0 aliphatic rings. The van der Waals surface area contributed by atoms with Crippen molar-refractivity contribution >= 4 is 17.4 Å². The molecule has 0 unspecified atom stereocenters. The molecule has 0 spiro atoms. The van der Waals surface area contributed by atoms with E-state index in [2.05, 4.69) is 10.5 Å². The van der Waals surface area contributed by atoms with Gasteiger partial charge >= 0.3 is 5.97 Å². The minimum Gasteiger partial charge on any atom is -0.507 e. The number of aromatic carboxylic acids is 1. The fourth-order valence-corrected chi connectivity index (χ4v) is 1.68. The number of para-hydroxylation sites is 1. The average Bonchev–Trinajstić information content (AvgIpc) is 2.45. The highest BCUT2D eigenvalue weighted by Gasteiger charge is 2.04. The maximum Gasteiger partial charge on any atom is 0.335 e. The van der Waals surface area contributed by atoms with Crippen LogP contribution in [0.5, 0.6) is 5.75 Å². The maximum atomic E-state index is 10.7. The number of aromatic hydroxyl groups is 1. The van der Waals surface area contributed by atoms with Crippen LogP contribution in [0.2, 0.25) is 0 Å². The Morgan fingerprint density at radius 1 is 1.10 bits per heavy atom. The molecule has 0 aliphatic heterocycles.